The second-order valence-corrected chi connectivity index (χ2v) is 12.3. The molecule has 0 radical (unpaired) electrons. The molecule has 1 aromatic rings. The van der Waals surface area contributed by atoms with Gasteiger partial charge in [-0.15, -0.1) is 0 Å². The molecule has 0 aromatic carbocycles. The highest BCUT2D eigenvalue weighted by Gasteiger charge is 2.84. The van der Waals surface area contributed by atoms with E-state index >= 15 is 0 Å². The van der Waals surface area contributed by atoms with E-state index in [9.17, 15) is 24.3 Å². The van der Waals surface area contributed by atoms with Gasteiger partial charge in [0.05, 0.1) is 28.8 Å². The molecule has 11 heteroatoms. The molecule has 11 nitrogen and oxygen atoms in total. The van der Waals surface area contributed by atoms with Gasteiger partial charge >= 0.3 is 23.9 Å². The van der Waals surface area contributed by atoms with Crippen LogP contribution < -0.4 is 0 Å². The zero-order chi connectivity index (χ0) is 29.8. The Bertz CT molecular complexity index is 1150. The fourth-order valence-electron chi connectivity index (χ4n) is 7.18. The highest BCUT2D eigenvalue weighted by molar-refractivity contribution is 5.86. The summed E-state index contributed by atoms with van der Waals surface area (Å²) in [7, 11) is 0. The highest BCUT2D eigenvalue weighted by atomic mass is 16.6. The van der Waals surface area contributed by atoms with Crippen molar-refractivity contribution in [2.24, 2.45) is 17.3 Å². The van der Waals surface area contributed by atoms with E-state index in [1.165, 1.54) is 33.1 Å². The smallest absolute Gasteiger partial charge is 0.374 e. The van der Waals surface area contributed by atoms with Crippen LogP contribution in [0, 0.1) is 17.3 Å². The molecule has 4 rings (SSSR count). The van der Waals surface area contributed by atoms with Crippen molar-refractivity contribution in [1.29, 1.82) is 0 Å². The first-order valence-corrected chi connectivity index (χ1v) is 13.7. The summed E-state index contributed by atoms with van der Waals surface area (Å²) in [5.74, 6) is -3.54. The van der Waals surface area contributed by atoms with Crippen LogP contribution in [-0.4, -0.2) is 70.2 Å². The summed E-state index contributed by atoms with van der Waals surface area (Å²) in [6.45, 7) is 12.9. The SMILES string of the molecule is CC[C@H](C)C(=O)O[C@@H]1[C@H]2C[C@H](OC(=O)c3ccco3)[C@]3(C)[C@@H](OC(C)=O)[C@@H](OC(C)=O)C[C@](C)(O)[C@@]13OC2(C)C. The Morgan fingerprint density at radius 1 is 1.02 bits per heavy atom. The molecule has 1 aliphatic heterocycles. The Kier molecular flexibility index (Phi) is 7.64. The number of carbonyl (C=O) groups is 4. The minimum atomic E-state index is -1.80. The summed E-state index contributed by atoms with van der Waals surface area (Å²) in [6, 6.07) is 3.00. The Labute approximate surface area is 233 Å². The van der Waals surface area contributed by atoms with Crippen molar-refractivity contribution in [3.05, 3.63) is 24.2 Å². The maximum atomic E-state index is 13.2. The third-order valence-corrected chi connectivity index (χ3v) is 9.19. The lowest BCUT2D eigenvalue weighted by Gasteiger charge is -2.65. The topological polar surface area (TPSA) is 148 Å². The lowest BCUT2D eigenvalue weighted by Crippen LogP contribution is -2.81. The number of hydrogen-bond acceptors (Lipinski definition) is 11. The first-order chi connectivity index (χ1) is 18.5. The predicted molar refractivity (Wildman–Crippen MR) is 138 cm³/mol. The monoisotopic (exact) mass is 564 g/mol. The third kappa shape index (κ3) is 4.51. The number of hydrogen-bond donors (Lipinski definition) is 1. The van der Waals surface area contributed by atoms with E-state index in [0.29, 0.717) is 6.42 Å². The van der Waals surface area contributed by atoms with Gasteiger partial charge in [0.2, 0.25) is 5.76 Å². The molecule has 3 aliphatic rings. The van der Waals surface area contributed by atoms with Crippen LogP contribution in [0.4, 0.5) is 0 Å². The Balaban J connectivity index is 1.95. The number of ether oxygens (including phenoxy) is 5. The van der Waals surface area contributed by atoms with Crippen molar-refractivity contribution < 1.29 is 52.4 Å². The van der Waals surface area contributed by atoms with Crippen LogP contribution in [0.5, 0.6) is 0 Å². The molecule has 9 atom stereocenters. The summed E-state index contributed by atoms with van der Waals surface area (Å²) in [5, 5.41) is 12.3. The molecule has 1 saturated heterocycles. The summed E-state index contributed by atoms with van der Waals surface area (Å²) in [4.78, 5) is 51.1. The number of esters is 4. The molecule has 1 spiro atoms. The van der Waals surface area contributed by atoms with Crippen molar-refractivity contribution >= 4 is 23.9 Å². The van der Waals surface area contributed by atoms with Gasteiger partial charge in [-0.05, 0) is 52.7 Å². The third-order valence-electron chi connectivity index (χ3n) is 9.19. The van der Waals surface area contributed by atoms with Crippen LogP contribution >= 0.6 is 0 Å². The molecule has 2 aliphatic carbocycles. The minimum Gasteiger partial charge on any atom is -0.459 e. The number of carbonyl (C=O) groups excluding carboxylic acids is 4. The van der Waals surface area contributed by atoms with E-state index in [0.717, 1.165) is 0 Å². The zero-order valence-electron chi connectivity index (χ0n) is 24.3. The molecular formula is C29H40O11. The van der Waals surface area contributed by atoms with Crippen LogP contribution in [0.15, 0.2) is 22.8 Å². The summed E-state index contributed by atoms with van der Waals surface area (Å²) >= 11 is 0. The van der Waals surface area contributed by atoms with Gasteiger partial charge in [0.1, 0.15) is 23.9 Å². The van der Waals surface area contributed by atoms with Gasteiger partial charge in [-0.2, -0.15) is 0 Å². The minimum absolute atomic E-state index is 0.0429. The number of aliphatic hydroxyl groups is 1. The van der Waals surface area contributed by atoms with Gasteiger partial charge in [0.25, 0.3) is 0 Å². The van der Waals surface area contributed by atoms with Gasteiger partial charge < -0.3 is 33.2 Å². The molecule has 2 saturated carbocycles. The first-order valence-electron chi connectivity index (χ1n) is 13.7. The maximum absolute atomic E-state index is 13.2. The van der Waals surface area contributed by atoms with E-state index in [1.807, 2.05) is 20.8 Å². The lowest BCUT2D eigenvalue weighted by atomic mass is 9.47. The molecular weight excluding hydrogens is 524 g/mol. The molecule has 2 heterocycles. The highest BCUT2D eigenvalue weighted by Crippen LogP contribution is 2.69. The van der Waals surface area contributed by atoms with Crippen LogP contribution in [0.1, 0.15) is 85.2 Å². The largest absolute Gasteiger partial charge is 0.459 e. The van der Waals surface area contributed by atoms with Gasteiger partial charge in [-0.25, -0.2) is 4.79 Å². The van der Waals surface area contributed by atoms with Crippen molar-refractivity contribution in [2.45, 2.75) is 116 Å². The van der Waals surface area contributed by atoms with Gasteiger partial charge in [-0.3, -0.25) is 14.4 Å². The van der Waals surface area contributed by atoms with Crippen LogP contribution in [0.2, 0.25) is 0 Å². The van der Waals surface area contributed by atoms with Gasteiger partial charge in [0.15, 0.2) is 6.10 Å². The normalized spacial score (nSPS) is 38.5. The fraction of sp³-hybridized carbons (Fsp3) is 0.724. The molecule has 2 bridgehead atoms. The van der Waals surface area contributed by atoms with Gasteiger partial charge in [0, 0.05) is 26.2 Å². The molecule has 1 N–H and O–H groups in total. The van der Waals surface area contributed by atoms with Crippen LogP contribution in [-0.2, 0) is 38.1 Å². The molecule has 1 aromatic heterocycles. The maximum Gasteiger partial charge on any atom is 0.374 e. The predicted octanol–water partition coefficient (Wildman–Crippen LogP) is 3.35. The molecule has 40 heavy (non-hydrogen) atoms. The zero-order valence-corrected chi connectivity index (χ0v) is 24.3. The number of furan rings is 1. The van der Waals surface area contributed by atoms with E-state index in [-0.39, 0.29) is 18.6 Å². The van der Waals surface area contributed by atoms with Crippen molar-refractivity contribution in [1.82, 2.24) is 0 Å². The fourth-order valence-corrected chi connectivity index (χ4v) is 7.18. The average molecular weight is 565 g/mol. The second-order valence-electron chi connectivity index (χ2n) is 12.3. The van der Waals surface area contributed by atoms with Crippen LogP contribution in [0.25, 0.3) is 0 Å². The standard InChI is InChI=1S/C29H40O11/c1-9-15(2)24(32)39-22-18-13-21(38-25(33)19-11-10-12-35-19)28(8)23(37-17(4)31)20(36-16(3)30)14-27(7,34)29(22,28)40-26(18,5)6/h10-12,15,18,20-23,34H,9,13-14H2,1-8H3/t15-,18+,20-,21-,22+,23-,27-,28+,29-/m0/s1. The van der Waals surface area contributed by atoms with Gasteiger partial charge in [-0.1, -0.05) is 13.8 Å². The van der Waals surface area contributed by atoms with E-state index in [1.54, 1.807) is 19.9 Å². The first kappa shape index (κ1) is 30.0. The molecule has 3 fully saturated rings. The van der Waals surface area contributed by atoms with E-state index in [2.05, 4.69) is 0 Å². The molecule has 0 unspecified atom stereocenters. The number of rotatable bonds is 7. The molecule has 0 amide bonds. The van der Waals surface area contributed by atoms with E-state index < -0.39 is 82.3 Å². The van der Waals surface area contributed by atoms with Crippen molar-refractivity contribution in [3.8, 4) is 0 Å². The molecule has 222 valence electrons. The Morgan fingerprint density at radius 2 is 1.68 bits per heavy atom. The van der Waals surface area contributed by atoms with Crippen LogP contribution in [0.3, 0.4) is 0 Å². The quantitative estimate of drug-likeness (QED) is 0.384. The summed E-state index contributed by atoms with van der Waals surface area (Å²) < 4.78 is 35.8. The van der Waals surface area contributed by atoms with E-state index in [4.69, 9.17) is 28.1 Å². The summed E-state index contributed by atoms with van der Waals surface area (Å²) in [5.41, 5.74) is -6.07. The average Bonchev–Trinajstić information content (AvgIpc) is 3.44. The lowest BCUT2D eigenvalue weighted by molar-refractivity contribution is -0.344. The number of fused-ring (bicyclic) bond motifs is 1. The van der Waals surface area contributed by atoms with Crippen molar-refractivity contribution in [2.75, 3.05) is 0 Å². The Hall–Kier alpha value is -2.92. The Morgan fingerprint density at radius 3 is 2.23 bits per heavy atom. The second kappa shape index (κ2) is 10.2. The van der Waals surface area contributed by atoms with Crippen molar-refractivity contribution in [3.63, 3.8) is 0 Å². The summed E-state index contributed by atoms with van der Waals surface area (Å²) in [6.07, 6.45) is -2.58.